The molecule has 3 rings (SSSR count). The molecule has 6 atom stereocenters. The Labute approximate surface area is 379 Å². The monoisotopic (exact) mass is 857 g/mol. The molecule has 0 aliphatic rings. The van der Waals surface area contributed by atoms with Crippen molar-refractivity contribution >= 4 is 8.60 Å². The lowest BCUT2D eigenvalue weighted by Crippen LogP contribution is -2.21. The Morgan fingerprint density at radius 1 is 0.393 bits per heavy atom. The molecule has 61 heavy (non-hydrogen) atoms. The van der Waals surface area contributed by atoms with Gasteiger partial charge >= 0.3 is 8.60 Å². The summed E-state index contributed by atoms with van der Waals surface area (Å²) in [4.78, 5) is 0. The van der Waals surface area contributed by atoms with Gasteiger partial charge in [0, 0.05) is 0 Å². The second-order valence-electron chi connectivity index (χ2n) is 22.2. The number of benzene rings is 3. The van der Waals surface area contributed by atoms with Gasteiger partial charge in [-0.05, 0) is 125 Å². The van der Waals surface area contributed by atoms with Crippen molar-refractivity contribution < 1.29 is 13.6 Å². The van der Waals surface area contributed by atoms with Gasteiger partial charge in [-0.3, -0.25) is 0 Å². The summed E-state index contributed by atoms with van der Waals surface area (Å²) in [5.74, 6) is 5.51. The van der Waals surface area contributed by atoms with Crippen LogP contribution in [0.15, 0.2) is 72.8 Å². The molecule has 0 heterocycles. The highest BCUT2D eigenvalue weighted by Gasteiger charge is 2.32. The molecule has 0 saturated heterocycles. The van der Waals surface area contributed by atoms with Gasteiger partial charge in [-0.1, -0.05) is 216 Å². The largest absolute Gasteiger partial charge is 0.530 e. The predicted molar refractivity (Wildman–Crippen MR) is 268 cm³/mol. The van der Waals surface area contributed by atoms with E-state index in [0.717, 1.165) is 55.8 Å². The topological polar surface area (TPSA) is 27.7 Å². The minimum atomic E-state index is -1.89. The summed E-state index contributed by atoms with van der Waals surface area (Å²) >= 11 is 0. The van der Waals surface area contributed by atoms with Crippen LogP contribution in [0.3, 0.4) is 0 Å². The molecule has 0 amide bonds. The van der Waals surface area contributed by atoms with Crippen LogP contribution in [-0.4, -0.2) is 0 Å². The number of para-hydroxylation sites is 3. The zero-order valence-electron chi connectivity index (χ0n) is 42.2. The van der Waals surface area contributed by atoms with Crippen LogP contribution >= 0.6 is 8.60 Å². The van der Waals surface area contributed by atoms with Gasteiger partial charge in [-0.15, -0.1) is 0 Å². The van der Waals surface area contributed by atoms with E-state index in [1.54, 1.807) is 0 Å². The first-order chi connectivity index (χ1) is 28.8. The highest BCUT2D eigenvalue weighted by atomic mass is 31.2. The fourth-order valence-corrected chi connectivity index (χ4v) is 9.56. The van der Waals surface area contributed by atoms with Crippen molar-refractivity contribution in [1.29, 1.82) is 0 Å². The Morgan fingerprint density at radius 2 is 0.639 bits per heavy atom. The van der Waals surface area contributed by atoms with Crippen LogP contribution in [0.1, 0.15) is 235 Å². The average molecular weight is 857 g/mol. The summed E-state index contributed by atoms with van der Waals surface area (Å²) in [6.45, 7) is 35.6. The molecular weight excluding hydrogens is 764 g/mol. The van der Waals surface area contributed by atoms with Gasteiger partial charge in [0.25, 0.3) is 0 Å². The SMILES string of the molecule is CCCCCC(CC(C)C(C)(C)C)c1ccccc1OP(Oc1ccccc1C(CCCCC)CC(C)C(C)(C)C)Oc1ccccc1C(CCCCC)CC(C)C(C)(C)C. The molecule has 0 N–H and O–H groups in total. The molecule has 4 heteroatoms. The van der Waals surface area contributed by atoms with Gasteiger partial charge in [-0.2, -0.15) is 0 Å². The van der Waals surface area contributed by atoms with Gasteiger partial charge in [0.1, 0.15) is 17.2 Å². The zero-order valence-corrected chi connectivity index (χ0v) is 43.1. The van der Waals surface area contributed by atoms with Crippen LogP contribution in [0.5, 0.6) is 17.2 Å². The third-order valence-electron chi connectivity index (χ3n) is 14.4. The predicted octanol–water partition coefficient (Wildman–Crippen LogP) is 19.7. The van der Waals surface area contributed by atoms with Crippen molar-refractivity contribution in [3.05, 3.63) is 89.5 Å². The second-order valence-corrected chi connectivity index (χ2v) is 23.2. The van der Waals surface area contributed by atoms with Gasteiger partial charge in [0.05, 0.1) is 0 Å². The number of hydrogen-bond donors (Lipinski definition) is 0. The number of hydrogen-bond acceptors (Lipinski definition) is 3. The first-order valence-corrected chi connectivity index (χ1v) is 26.0. The lowest BCUT2D eigenvalue weighted by molar-refractivity contribution is 0.227. The molecule has 0 fully saturated rings. The Hall–Kier alpha value is -2.51. The van der Waals surface area contributed by atoms with Crippen LogP contribution in [0.25, 0.3) is 0 Å². The van der Waals surface area contributed by atoms with E-state index in [1.165, 1.54) is 74.5 Å². The van der Waals surface area contributed by atoms with E-state index in [9.17, 15) is 0 Å². The maximum atomic E-state index is 7.27. The Kier molecular flexibility index (Phi) is 22.3. The van der Waals surface area contributed by atoms with Crippen molar-refractivity contribution in [3.63, 3.8) is 0 Å². The summed E-state index contributed by atoms with van der Waals surface area (Å²) in [6.07, 6.45) is 17.8. The molecule has 0 aromatic heterocycles. The summed E-state index contributed by atoms with van der Waals surface area (Å²) in [6, 6.07) is 26.4. The fraction of sp³-hybridized carbons (Fsp3) is 0.684. The van der Waals surface area contributed by atoms with Gasteiger partial charge in [0.15, 0.2) is 0 Å². The van der Waals surface area contributed by atoms with Crippen molar-refractivity contribution in [2.24, 2.45) is 34.0 Å². The summed E-state index contributed by atoms with van der Waals surface area (Å²) in [5.41, 5.74) is 4.51. The van der Waals surface area contributed by atoms with E-state index in [4.69, 9.17) is 13.6 Å². The normalized spacial score (nSPS) is 16.0. The Morgan fingerprint density at radius 3 is 0.869 bits per heavy atom. The van der Waals surface area contributed by atoms with E-state index < -0.39 is 8.60 Å². The molecule has 344 valence electrons. The molecular formula is C57H93O3P. The summed E-state index contributed by atoms with van der Waals surface area (Å²) < 4.78 is 21.8. The van der Waals surface area contributed by atoms with E-state index in [-0.39, 0.29) is 16.2 Å². The molecule has 0 bridgehead atoms. The molecule has 6 unspecified atom stereocenters. The minimum Gasteiger partial charge on any atom is -0.408 e. The van der Waals surface area contributed by atoms with Gasteiger partial charge in [-0.25, -0.2) is 0 Å². The number of unbranched alkanes of at least 4 members (excludes halogenated alkanes) is 6. The van der Waals surface area contributed by atoms with E-state index in [0.29, 0.717) is 35.5 Å². The first-order valence-electron chi connectivity index (χ1n) is 24.9. The standard InChI is InChI=1S/C57H93O3P/c1-16-19-22-31-46(40-43(4)55(7,8)9)49-34-25-28-37-52(49)58-61(59-53-38-29-26-35-50(53)47(32-23-20-17-2)41-44(5)56(10,11)12)60-54-39-30-27-36-51(54)48(33-24-21-18-3)42-45(6)57(13,14)15/h25-30,34-39,43-48H,16-24,31-33,40-42H2,1-15H3. The first kappa shape index (κ1) is 52.8. The van der Waals surface area contributed by atoms with Crippen LogP contribution in [0, 0.1) is 34.0 Å². The van der Waals surface area contributed by atoms with Crippen molar-refractivity contribution in [2.75, 3.05) is 0 Å². The van der Waals surface area contributed by atoms with Crippen LogP contribution < -0.4 is 13.6 Å². The fourth-order valence-electron chi connectivity index (χ4n) is 8.46. The maximum Gasteiger partial charge on any atom is 0.530 e. The molecule has 3 aromatic carbocycles. The second kappa shape index (κ2) is 25.7. The lowest BCUT2D eigenvalue weighted by atomic mass is 9.74. The smallest absolute Gasteiger partial charge is 0.408 e. The maximum absolute atomic E-state index is 7.27. The molecule has 0 aliphatic carbocycles. The van der Waals surface area contributed by atoms with E-state index >= 15 is 0 Å². The average Bonchev–Trinajstić information content (AvgIpc) is 3.19. The molecule has 0 radical (unpaired) electrons. The Balaban J connectivity index is 2.20. The van der Waals surface area contributed by atoms with Crippen molar-refractivity contribution in [1.82, 2.24) is 0 Å². The van der Waals surface area contributed by atoms with Crippen LogP contribution in [0.4, 0.5) is 0 Å². The van der Waals surface area contributed by atoms with Crippen molar-refractivity contribution in [2.45, 2.75) is 218 Å². The van der Waals surface area contributed by atoms with Crippen molar-refractivity contribution in [3.8, 4) is 17.2 Å². The molecule has 3 aromatic rings. The molecule has 0 saturated carbocycles. The molecule has 0 spiro atoms. The van der Waals surface area contributed by atoms with Gasteiger partial charge in [0.2, 0.25) is 0 Å². The molecule has 3 nitrogen and oxygen atoms in total. The summed E-state index contributed by atoms with van der Waals surface area (Å²) in [7, 11) is -1.89. The van der Waals surface area contributed by atoms with Crippen LogP contribution in [0.2, 0.25) is 0 Å². The highest BCUT2D eigenvalue weighted by Crippen LogP contribution is 2.51. The molecule has 0 aliphatic heterocycles. The lowest BCUT2D eigenvalue weighted by Gasteiger charge is -2.33. The third-order valence-corrected chi connectivity index (χ3v) is 15.5. The minimum absolute atomic E-state index is 0.224. The van der Waals surface area contributed by atoms with E-state index in [1.807, 2.05) is 0 Å². The zero-order chi connectivity index (χ0) is 45.2. The summed E-state index contributed by atoms with van der Waals surface area (Å²) in [5, 5.41) is 0. The Bertz CT molecular complexity index is 1450. The third kappa shape index (κ3) is 17.9. The van der Waals surface area contributed by atoms with Gasteiger partial charge < -0.3 is 13.6 Å². The number of rotatable bonds is 27. The van der Waals surface area contributed by atoms with Crippen LogP contribution in [-0.2, 0) is 0 Å². The van der Waals surface area contributed by atoms with E-state index in [2.05, 4.69) is 177 Å². The highest BCUT2D eigenvalue weighted by molar-refractivity contribution is 7.43. The quantitative estimate of drug-likeness (QED) is 0.0565.